The molecule has 0 atom stereocenters. The molecular formula is C10H14NO3S. The average Bonchev–Trinajstić information content (AvgIpc) is 2.11. The predicted molar refractivity (Wildman–Crippen MR) is 58.1 cm³/mol. The molecule has 0 saturated heterocycles. The van der Waals surface area contributed by atoms with E-state index in [1.54, 1.807) is 12.1 Å². The van der Waals surface area contributed by atoms with Gasteiger partial charge in [-0.1, -0.05) is 6.07 Å². The van der Waals surface area contributed by atoms with Gasteiger partial charge in [-0.15, -0.1) is 0 Å². The van der Waals surface area contributed by atoms with Crippen LogP contribution in [0.3, 0.4) is 0 Å². The van der Waals surface area contributed by atoms with Crippen LogP contribution in [0.4, 0.5) is 0 Å². The van der Waals surface area contributed by atoms with Gasteiger partial charge in [-0.05, 0) is 37.1 Å². The number of ether oxygens (including phenoxy) is 1. The molecule has 0 heterocycles. The maximum absolute atomic E-state index is 10.6. The van der Waals surface area contributed by atoms with Crippen LogP contribution in [0, 0.1) is 13.0 Å². The number of primary sulfonamides is 1. The zero-order valence-electron chi connectivity index (χ0n) is 8.56. The van der Waals surface area contributed by atoms with E-state index in [9.17, 15) is 8.42 Å². The Morgan fingerprint density at radius 3 is 2.87 bits per heavy atom. The number of rotatable bonds is 5. The smallest absolute Gasteiger partial charge is 0.209 e. The van der Waals surface area contributed by atoms with Crippen molar-refractivity contribution in [2.75, 3.05) is 12.4 Å². The minimum atomic E-state index is -3.37. The number of hydrogen-bond acceptors (Lipinski definition) is 3. The molecule has 0 unspecified atom stereocenters. The molecule has 1 radical (unpaired) electrons. The minimum Gasteiger partial charge on any atom is -0.494 e. The van der Waals surface area contributed by atoms with Crippen molar-refractivity contribution in [1.29, 1.82) is 0 Å². The largest absolute Gasteiger partial charge is 0.494 e. The van der Waals surface area contributed by atoms with Crippen molar-refractivity contribution < 1.29 is 13.2 Å². The first-order valence-electron chi connectivity index (χ1n) is 4.59. The molecule has 4 nitrogen and oxygen atoms in total. The van der Waals surface area contributed by atoms with Crippen molar-refractivity contribution in [3.63, 3.8) is 0 Å². The fourth-order valence-corrected chi connectivity index (χ4v) is 1.62. The van der Waals surface area contributed by atoms with Gasteiger partial charge in [0.1, 0.15) is 5.75 Å². The van der Waals surface area contributed by atoms with Gasteiger partial charge in [0.25, 0.3) is 0 Å². The van der Waals surface area contributed by atoms with Crippen molar-refractivity contribution in [3.8, 4) is 5.75 Å². The molecular weight excluding hydrogens is 214 g/mol. The number of aryl methyl sites for hydroxylation is 1. The number of hydrogen-bond donors (Lipinski definition) is 1. The first kappa shape index (κ1) is 12.0. The maximum Gasteiger partial charge on any atom is 0.209 e. The molecule has 1 aromatic carbocycles. The standard InChI is InChI=1S/C10H14NO3S/c1-9-4-2-5-10(8-9)14-6-3-7-15(11,12)13/h2,5,8H,3,6-7H2,1H3,(H2,11,12,13). The molecule has 1 rings (SSSR count). The molecule has 0 aromatic heterocycles. The maximum atomic E-state index is 10.6. The fraction of sp³-hybridized carbons (Fsp3) is 0.400. The normalized spacial score (nSPS) is 11.3. The van der Waals surface area contributed by atoms with Crippen molar-refractivity contribution >= 4 is 10.0 Å². The van der Waals surface area contributed by atoms with Gasteiger partial charge >= 0.3 is 0 Å². The second-order valence-corrected chi connectivity index (χ2v) is 5.01. The highest BCUT2D eigenvalue weighted by Gasteiger charge is 2.02. The molecule has 0 aliphatic heterocycles. The molecule has 0 saturated carbocycles. The van der Waals surface area contributed by atoms with Crippen LogP contribution in [0.15, 0.2) is 18.2 Å². The van der Waals surface area contributed by atoms with E-state index in [0.29, 0.717) is 13.0 Å². The third-order valence-electron chi connectivity index (χ3n) is 1.76. The first-order valence-corrected chi connectivity index (χ1v) is 6.30. The Bertz CT molecular complexity index is 414. The van der Waals surface area contributed by atoms with Crippen LogP contribution in [0.5, 0.6) is 5.75 Å². The third kappa shape index (κ3) is 5.39. The molecule has 2 N–H and O–H groups in total. The molecule has 1 aromatic rings. The Labute approximate surface area is 90.1 Å². The summed E-state index contributed by atoms with van der Waals surface area (Å²) >= 11 is 0. The van der Waals surface area contributed by atoms with E-state index >= 15 is 0 Å². The van der Waals surface area contributed by atoms with E-state index in [2.05, 4.69) is 6.07 Å². The zero-order valence-corrected chi connectivity index (χ0v) is 9.38. The fourth-order valence-electron chi connectivity index (χ4n) is 1.10. The number of sulfonamides is 1. The van der Waals surface area contributed by atoms with Crippen molar-refractivity contribution in [2.45, 2.75) is 13.3 Å². The lowest BCUT2D eigenvalue weighted by molar-refractivity contribution is 0.317. The molecule has 15 heavy (non-hydrogen) atoms. The third-order valence-corrected chi connectivity index (χ3v) is 2.62. The summed E-state index contributed by atoms with van der Waals surface area (Å²) in [4.78, 5) is 0. The molecule has 5 heteroatoms. The summed E-state index contributed by atoms with van der Waals surface area (Å²) in [5, 5.41) is 4.85. The lowest BCUT2D eigenvalue weighted by Gasteiger charge is -2.05. The van der Waals surface area contributed by atoms with Crippen molar-refractivity contribution in [3.05, 3.63) is 29.8 Å². The van der Waals surface area contributed by atoms with E-state index < -0.39 is 10.0 Å². The van der Waals surface area contributed by atoms with E-state index in [4.69, 9.17) is 9.88 Å². The lowest BCUT2D eigenvalue weighted by Crippen LogP contribution is -2.18. The Hall–Kier alpha value is -1.07. The monoisotopic (exact) mass is 228 g/mol. The van der Waals surface area contributed by atoms with Crippen molar-refractivity contribution in [2.24, 2.45) is 5.14 Å². The summed E-state index contributed by atoms with van der Waals surface area (Å²) in [6, 6.07) is 8.38. The quantitative estimate of drug-likeness (QED) is 0.760. The zero-order chi connectivity index (χ0) is 11.3. The molecule has 83 valence electrons. The van der Waals surface area contributed by atoms with E-state index in [0.717, 1.165) is 11.3 Å². The van der Waals surface area contributed by atoms with E-state index in [-0.39, 0.29) is 5.75 Å². The molecule has 0 aliphatic carbocycles. The number of benzene rings is 1. The predicted octanol–water partition coefficient (Wildman–Crippen LogP) is 0.853. The molecule has 0 fully saturated rings. The highest BCUT2D eigenvalue weighted by atomic mass is 32.2. The van der Waals surface area contributed by atoms with Crippen LogP contribution >= 0.6 is 0 Å². The average molecular weight is 228 g/mol. The van der Waals surface area contributed by atoms with E-state index in [1.807, 2.05) is 13.0 Å². The van der Waals surface area contributed by atoms with Gasteiger partial charge in [0.15, 0.2) is 0 Å². The number of nitrogens with two attached hydrogens (primary N) is 1. The molecule has 0 amide bonds. The van der Waals surface area contributed by atoms with Gasteiger partial charge in [-0.3, -0.25) is 0 Å². The summed E-state index contributed by atoms with van der Waals surface area (Å²) in [6.07, 6.45) is 0.399. The van der Waals surface area contributed by atoms with Gasteiger partial charge in [-0.25, -0.2) is 13.6 Å². The van der Waals surface area contributed by atoms with Crippen LogP contribution in [-0.2, 0) is 10.0 Å². The highest BCUT2D eigenvalue weighted by molar-refractivity contribution is 7.89. The van der Waals surface area contributed by atoms with Crippen LogP contribution in [0.25, 0.3) is 0 Å². The Morgan fingerprint density at radius 1 is 1.53 bits per heavy atom. The topological polar surface area (TPSA) is 69.4 Å². The van der Waals surface area contributed by atoms with Gasteiger partial charge < -0.3 is 4.74 Å². The Balaban J connectivity index is 2.32. The van der Waals surface area contributed by atoms with Crippen LogP contribution in [0.2, 0.25) is 0 Å². The first-order chi connectivity index (χ1) is 6.97. The van der Waals surface area contributed by atoms with Crippen LogP contribution in [-0.4, -0.2) is 20.8 Å². The summed E-state index contributed by atoms with van der Waals surface area (Å²) in [5.41, 5.74) is 0.985. The van der Waals surface area contributed by atoms with Gasteiger partial charge in [-0.2, -0.15) is 0 Å². The Morgan fingerprint density at radius 2 is 2.27 bits per heavy atom. The molecule has 0 spiro atoms. The van der Waals surface area contributed by atoms with Gasteiger partial charge in [0.2, 0.25) is 10.0 Å². The van der Waals surface area contributed by atoms with Gasteiger partial charge in [0, 0.05) is 0 Å². The second-order valence-electron chi connectivity index (χ2n) is 3.28. The van der Waals surface area contributed by atoms with E-state index in [1.165, 1.54) is 0 Å². The summed E-state index contributed by atoms with van der Waals surface area (Å²) in [5.74, 6) is 0.672. The summed E-state index contributed by atoms with van der Waals surface area (Å²) < 4.78 is 26.6. The second kappa shape index (κ2) is 5.14. The molecule has 0 bridgehead atoms. The minimum absolute atomic E-state index is 0.0507. The van der Waals surface area contributed by atoms with Crippen molar-refractivity contribution in [1.82, 2.24) is 0 Å². The van der Waals surface area contributed by atoms with Crippen LogP contribution in [0.1, 0.15) is 12.0 Å². The lowest BCUT2D eigenvalue weighted by atomic mass is 10.2. The summed E-state index contributed by atoms with van der Waals surface area (Å²) in [7, 11) is -3.37. The Kier molecular flexibility index (Phi) is 4.11. The molecule has 0 aliphatic rings. The highest BCUT2D eigenvalue weighted by Crippen LogP contribution is 2.11. The van der Waals surface area contributed by atoms with Gasteiger partial charge in [0.05, 0.1) is 12.4 Å². The SMILES string of the molecule is Cc1[c]ccc(OCCCS(N)(=O)=O)c1. The summed E-state index contributed by atoms with van der Waals surface area (Å²) in [6.45, 7) is 2.26. The van der Waals surface area contributed by atoms with Crippen LogP contribution < -0.4 is 9.88 Å².